The molecule has 172 valence electrons. The number of hydrogen-bond donors (Lipinski definition) is 1. The summed E-state index contributed by atoms with van der Waals surface area (Å²) in [6, 6.07) is 21.2. The van der Waals surface area contributed by atoms with Crippen molar-refractivity contribution in [3.63, 3.8) is 0 Å². The first-order valence-corrected chi connectivity index (χ1v) is 12.8. The van der Waals surface area contributed by atoms with Gasteiger partial charge in [0.1, 0.15) is 0 Å². The highest BCUT2D eigenvalue weighted by atomic mass is 35.5. The summed E-state index contributed by atoms with van der Waals surface area (Å²) in [6.07, 6.45) is 0. The molecule has 0 bridgehead atoms. The van der Waals surface area contributed by atoms with Crippen molar-refractivity contribution >= 4 is 43.2 Å². The summed E-state index contributed by atoms with van der Waals surface area (Å²) in [6.45, 7) is 0.220. The molecule has 0 radical (unpaired) electrons. The van der Waals surface area contributed by atoms with Crippen molar-refractivity contribution in [3.8, 4) is 11.4 Å². The van der Waals surface area contributed by atoms with Gasteiger partial charge >= 0.3 is 4.87 Å². The minimum Gasteiger partial charge on any atom is -0.338 e. The quantitative estimate of drug-likeness (QED) is 0.348. The van der Waals surface area contributed by atoms with Crippen LogP contribution in [-0.4, -0.2) is 23.1 Å². The molecule has 0 aliphatic heterocycles. The van der Waals surface area contributed by atoms with Crippen LogP contribution in [0.15, 0.2) is 87.0 Å². The van der Waals surface area contributed by atoms with Gasteiger partial charge in [-0.1, -0.05) is 70.6 Å². The van der Waals surface area contributed by atoms with E-state index in [0.717, 1.165) is 16.9 Å². The minimum absolute atomic E-state index is 0.0407. The van der Waals surface area contributed by atoms with Crippen LogP contribution in [0.25, 0.3) is 21.6 Å². The first kappa shape index (κ1) is 22.5. The molecule has 0 saturated carbocycles. The summed E-state index contributed by atoms with van der Waals surface area (Å²) < 4.78 is 35.6. The van der Waals surface area contributed by atoms with Gasteiger partial charge in [-0.25, -0.2) is 13.1 Å². The smallest absolute Gasteiger partial charge is 0.308 e. The zero-order chi connectivity index (χ0) is 23.7. The summed E-state index contributed by atoms with van der Waals surface area (Å²) >= 11 is 7.15. The molecular formula is C23H17ClN4O4S2. The molecule has 8 nitrogen and oxygen atoms in total. The molecule has 0 atom stereocenters. The standard InChI is InChI=1S/C23H17ClN4O4S2/c24-18-9-5-4-8-17(18)22-26-21(32-27-22)13-25-34(30,31)16-10-11-19-20(12-16)33-23(29)28(19)14-15-6-2-1-3-7-15/h1-12,25H,13-14H2. The van der Waals surface area contributed by atoms with Crippen molar-refractivity contribution in [1.29, 1.82) is 0 Å². The normalized spacial score (nSPS) is 11.8. The second-order valence-corrected chi connectivity index (χ2v) is 10.6. The first-order valence-electron chi connectivity index (χ1n) is 10.2. The molecule has 2 aromatic heterocycles. The summed E-state index contributed by atoms with van der Waals surface area (Å²) in [7, 11) is -3.88. The predicted molar refractivity (Wildman–Crippen MR) is 130 cm³/mol. The van der Waals surface area contributed by atoms with E-state index >= 15 is 0 Å². The van der Waals surface area contributed by atoms with Crippen molar-refractivity contribution in [2.45, 2.75) is 18.0 Å². The number of hydrogen-bond acceptors (Lipinski definition) is 7. The van der Waals surface area contributed by atoms with Gasteiger partial charge in [0.05, 0.1) is 33.2 Å². The number of nitrogens with zero attached hydrogens (tertiary/aromatic N) is 3. The topological polar surface area (TPSA) is 107 Å². The maximum atomic E-state index is 12.9. The van der Waals surface area contributed by atoms with E-state index in [0.29, 0.717) is 27.3 Å². The van der Waals surface area contributed by atoms with Crippen LogP contribution in [0.3, 0.4) is 0 Å². The van der Waals surface area contributed by atoms with Crippen LogP contribution in [0, 0.1) is 0 Å². The van der Waals surface area contributed by atoms with Gasteiger partial charge in [0, 0.05) is 5.56 Å². The Bertz CT molecular complexity index is 1640. The Kier molecular flexibility index (Phi) is 6.05. The molecule has 0 unspecified atom stereocenters. The molecule has 0 aliphatic carbocycles. The highest BCUT2D eigenvalue weighted by Crippen LogP contribution is 2.25. The van der Waals surface area contributed by atoms with E-state index in [9.17, 15) is 13.2 Å². The lowest BCUT2D eigenvalue weighted by Crippen LogP contribution is -2.23. The molecule has 5 rings (SSSR count). The molecule has 34 heavy (non-hydrogen) atoms. The number of fused-ring (bicyclic) bond motifs is 1. The molecule has 1 N–H and O–H groups in total. The number of thiazole rings is 1. The van der Waals surface area contributed by atoms with Gasteiger partial charge in [0.25, 0.3) is 0 Å². The SMILES string of the molecule is O=c1sc2cc(S(=O)(=O)NCc3nc(-c4ccccc4Cl)no3)ccc2n1Cc1ccccc1. The highest BCUT2D eigenvalue weighted by Gasteiger charge is 2.19. The lowest BCUT2D eigenvalue weighted by atomic mass is 10.2. The van der Waals surface area contributed by atoms with Gasteiger partial charge in [-0.2, -0.15) is 4.98 Å². The Hall–Kier alpha value is -3.31. The van der Waals surface area contributed by atoms with Gasteiger partial charge in [0.15, 0.2) is 0 Å². The molecule has 2 heterocycles. The minimum atomic E-state index is -3.88. The zero-order valence-electron chi connectivity index (χ0n) is 17.5. The van der Waals surface area contributed by atoms with E-state index in [-0.39, 0.29) is 28.0 Å². The van der Waals surface area contributed by atoms with Gasteiger partial charge in [-0.05, 0) is 35.9 Å². The Morgan fingerprint density at radius 3 is 2.59 bits per heavy atom. The zero-order valence-corrected chi connectivity index (χ0v) is 19.9. The Balaban J connectivity index is 1.35. The molecule has 0 aliphatic rings. The van der Waals surface area contributed by atoms with E-state index in [2.05, 4.69) is 14.9 Å². The van der Waals surface area contributed by atoms with Gasteiger partial charge in [0.2, 0.25) is 21.7 Å². The molecule has 0 saturated heterocycles. The summed E-state index contributed by atoms with van der Waals surface area (Å²) in [4.78, 5) is 16.6. The first-order chi connectivity index (χ1) is 16.4. The number of halogens is 1. The molecule has 0 amide bonds. The van der Waals surface area contributed by atoms with Crippen LogP contribution in [0.4, 0.5) is 0 Å². The summed E-state index contributed by atoms with van der Waals surface area (Å²) in [5.74, 6) is 0.365. The van der Waals surface area contributed by atoms with Crippen LogP contribution in [0.1, 0.15) is 11.5 Å². The lowest BCUT2D eigenvalue weighted by Gasteiger charge is -2.06. The lowest BCUT2D eigenvalue weighted by molar-refractivity contribution is 0.376. The highest BCUT2D eigenvalue weighted by molar-refractivity contribution is 7.89. The van der Waals surface area contributed by atoms with Crippen molar-refractivity contribution in [2.75, 3.05) is 0 Å². The second-order valence-electron chi connectivity index (χ2n) is 7.39. The Morgan fingerprint density at radius 2 is 1.79 bits per heavy atom. The van der Waals surface area contributed by atoms with Crippen molar-refractivity contribution < 1.29 is 12.9 Å². The van der Waals surface area contributed by atoms with E-state index < -0.39 is 10.0 Å². The fourth-order valence-electron chi connectivity index (χ4n) is 3.45. The maximum absolute atomic E-state index is 12.9. The third kappa shape index (κ3) is 4.53. The van der Waals surface area contributed by atoms with E-state index in [1.54, 1.807) is 34.9 Å². The van der Waals surface area contributed by atoms with E-state index in [1.807, 2.05) is 30.3 Å². The van der Waals surface area contributed by atoms with Crippen LogP contribution in [-0.2, 0) is 23.1 Å². The van der Waals surface area contributed by atoms with Crippen molar-refractivity contribution in [1.82, 2.24) is 19.4 Å². The predicted octanol–water partition coefficient (Wildman–Crippen LogP) is 4.29. The van der Waals surface area contributed by atoms with Gasteiger partial charge < -0.3 is 4.52 Å². The third-order valence-corrected chi connectivity index (χ3v) is 7.80. The van der Waals surface area contributed by atoms with Crippen LogP contribution < -0.4 is 9.60 Å². The van der Waals surface area contributed by atoms with Crippen LogP contribution in [0.5, 0.6) is 0 Å². The molecule has 0 spiro atoms. The van der Waals surface area contributed by atoms with Crippen molar-refractivity contribution in [3.05, 3.63) is 98.9 Å². The average Bonchev–Trinajstić information content (AvgIpc) is 3.43. The Labute approximate surface area is 203 Å². The number of rotatable bonds is 7. The average molecular weight is 513 g/mol. The molecule has 5 aromatic rings. The fourth-order valence-corrected chi connectivity index (χ4v) is 5.67. The van der Waals surface area contributed by atoms with Crippen molar-refractivity contribution in [2.24, 2.45) is 0 Å². The van der Waals surface area contributed by atoms with Gasteiger partial charge in [-0.3, -0.25) is 9.36 Å². The van der Waals surface area contributed by atoms with Crippen LogP contribution in [0.2, 0.25) is 5.02 Å². The summed E-state index contributed by atoms with van der Waals surface area (Å²) in [5, 5.41) is 4.33. The number of nitrogens with one attached hydrogen (secondary N) is 1. The van der Waals surface area contributed by atoms with Gasteiger partial charge in [-0.15, -0.1) is 0 Å². The molecule has 0 fully saturated rings. The number of aromatic nitrogens is 3. The molecule has 3 aromatic carbocycles. The molecular weight excluding hydrogens is 496 g/mol. The van der Waals surface area contributed by atoms with Crippen LogP contribution >= 0.6 is 22.9 Å². The largest absolute Gasteiger partial charge is 0.338 e. The monoisotopic (exact) mass is 512 g/mol. The fraction of sp³-hybridized carbons (Fsp3) is 0.0870. The second kappa shape index (κ2) is 9.15. The maximum Gasteiger partial charge on any atom is 0.308 e. The van der Waals surface area contributed by atoms with E-state index in [4.69, 9.17) is 16.1 Å². The Morgan fingerprint density at radius 1 is 1.03 bits per heavy atom. The van der Waals surface area contributed by atoms with E-state index in [1.165, 1.54) is 12.1 Å². The third-order valence-electron chi connectivity index (χ3n) is 5.13. The summed E-state index contributed by atoms with van der Waals surface area (Å²) in [5.41, 5.74) is 2.25. The number of sulfonamides is 1. The molecule has 11 heteroatoms. The number of benzene rings is 3.